The fraction of sp³-hybridized carbons (Fsp3) is 0.400. The molecule has 4 aromatic carbocycles. The molecule has 313 valence electrons. The fourth-order valence-electron chi connectivity index (χ4n) is 9.07. The number of benzene rings is 4. The predicted molar refractivity (Wildman–Crippen MR) is 218 cm³/mol. The summed E-state index contributed by atoms with van der Waals surface area (Å²) < 4.78 is 88.3. The van der Waals surface area contributed by atoms with E-state index in [4.69, 9.17) is 0 Å². The zero-order chi connectivity index (χ0) is 42.4. The molecule has 6 rings (SSSR count). The molecule has 0 saturated carbocycles. The van der Waals surface area contributed by atoms with Gasteiger partial charge in [0.2, 0.25) is 0 Å². The van der Waals surface area contributed by atoms with Gasteiger partial charge in [-0.25, -0.2) is 0 Å². The van der Waals surface area contributed by atoms with Crippen molar-refractivity contribution in [1.82, 2.24) is 0 Å². The Balaban J connectivity index is 0.00000384. The van der Waals surface area contributed by atoms with Crippen LogP contribution in [0.5, 0.6) is 0 Å². The minimum atomic E-state index is -4.66. The zero-order valence-corrected chi connectivity index (χ0v) is 39.9. The maximum atomic E-state index is 14.5. The molecule has 0 amide bonds. The Kier molecular flexibility index (Phi) is 13.9. The Morgan fingerprint density at radius 2 is 1.19 bits per heavy atom. The molecule has 0 spiro atoms. The summed E-state index contributed by atoms with van der Waals surface area (Å²) in [7, 11) is 0. The number of halogens is 8. The Morgan fingerprint density at radius 3 is 1.63 bits per heavy atom. The van der Waals surface area contributed by atoms with E-state index in [1.165, 1.54) is 48.0 Å². The van der Waals surface area contributed by atoms with Crippen molar-refractivity contribution >= 4 is 14.4 Å². The van der Waals surface area contributed by atoms with Gasteiger partial charge in [0.1, 0.15) is 0 Å². The first-order valence-electron chi connectivity index (χ1n) is 19.8. The average Bonchev–Trinajstić information content (AvgIpc) is 3.62. The summed E-state index contributed by atoms with van der Waals surface area (Å²) in [6.45, 7) is 25.9. The zero-order valence-electron chi connectivity index (χ0n) is 35.9. The molecule has 1 unspecified atom stereocenters. The maximum Gasteiger partial charge on any atom is -1.00 e. The van der Waals surface area contributed by atoms with E-state index in [-0.39, 0.29) is 52.7 Å². The van der Waals surface area contributed by atoms with E-state index in [9.17, 15) is 26.3 Å². The van der Waals surface area contributed by atoms with Crippen molar-refractivity contribution in [3.05, 3.63) is 155 Å². The average molecular weight is 930 g/mol. The molecule has 4 aromatic rings. The Bertz CT molecular complexity index is 2530. The van der Waals surface area contributed by atoms with E-state index in [1.807, 2.05) is 0 Å². The van der Waals surface area contributed by atoms with Crippen molar-refractivity contribution < 1.29 is 75.9 Å². The minimum Gasteiger partial charge on any atom is -1.00 e. The number of allylic oxidation sites excluding steroid dienone is 4. The summed E-state index contributed by atoms with van der Waals surface area (Å²) in [4.78, 5) is 0. The third-order valence-electron chi connectivity index (χ3n) is 11.5. The first-order chi connectivity index (χ1) is 26.2. The molecule has 2 aliphatic rings. The monoisotopic (exact) mass is 927 g/mol. The van der Waals surface area contributed by atoms with Crippen LogP contribution in [0.15, 0.2) is 78.4 Å². The summed E-state index contributed by atoms with van der Waals surface area (Å²) in [5, 5.41) is 3.62. The van der Waals surface area contributed by atoms with E-state index >= 15 is 0 Å². The van der Waals surface area contributed by atoms with Crippen molar-refractivity contribution in [3.8, 4) is 0 Å². The Hall–Kier alpha value is -2.86. The van der Waals surface area contributed by atoms with Gasteiger partial charge >= 0.3 is 351 Å². The Labute approximate surface area is 373 Å². The molecule has 0 aliphatic heterocycles. The van der Waals surface area contributed by atoms with Crippen LogP contribution in [0.25, 0.3) is 14.4 Å². The SMILES string of the molecule is CCCC1C=C(C(C)(C)C)C=C1c1c(C)c(C(C)(C)C)c(=C(c2cccc(C(F)(F)F)c2)c2cccc(C(F)(F)F)c2)c2c1[C]([Zr+2])=c1cc(C)c(C(C)(C)C)cc1=2.[Cl-].[Cl-]. The molecule has 0 saturated heterocycles. The second-order valence-corrected chi connectivity index (χ2v) is 20.2. The van der Waals surface area contributed by atoms with Crippen molar-refractivity contribution in [3.63, 3.8) is 0 Å². The quantitative estimate of drug-likeness (QED) is 0.185. The van der Waals surface area contributed by atoms with E-state index in [2.05, 4.69) is 107 Å². The summed E-state index contributed by atoms with van der Waals surface area (Å²) in [6, 6.07) is 14.7. The third-order valence-corrected chi connectivity index (χ3v) is 12.8. The molecule has 1 atom stereocenters. The number of hydrogen-bond donors (Lipinski definition) is 0. The molecular formula is C50H53Cl2F6Zr. The molecular weight excluding hydrogens is 877 g/mol. The molecule has 2 aliphatic carbocycles. The van der Waals surface area contributed by atoms with E-state index < -0.39 is 28.9 Å². The largest absolute Gasteiger partial charge is 1.00 e. The van der Waals surface area contributed by atoms with Gasteiger partial charge in [0.05, 0.1) is 0 Å². The third kappa shape index (κ3) is 9.19. The second kappa shape index (κ2) is 16.8. The van der Waals surface area contributed by atoms with Crippen LogP contribution in [0, 0.1) is 35.6 Å². The maximum absolute atomic E-state index is 14.5. The van der Waals surface area contributed by atoms with Crippen LogP contribution >= 0.6 is 0 Å². The van der Waals surface area contributed by atoms with Gasteiger partial charge in [0, 0.05) is 0 Å². The van der Waals surface area contributed by atoms with Gasteiger partial charge in [0.15, 0.2) is 0 Å². The number of aryl methyl sites for hydroxylation is 1. The van der Waals surface area contributed by atoms with Gasteiger partial charge in [-0.3, -0.25) is 0 Å². The topological polar surface area (TPSA) is 0 Å². The van der Waals surface area contributed by atoms with Gasteiger partial charge in [-0.15, -0.1) is 0 Å². The molecule has 0 N–H and O–H groups in total. The van der Waals surface area contributed by atoms with Crippen LogP contribution in [-0.2, 0) is 47.9 Å². The van der Waals surface area contributed by atoms with Gasteiger partial charge < -0.3 is 24.8 Å². The molecule has 0 nitrogen and oxygen atoms in total. The molecule has 0 aromatic heterocycles. The van der Waals surface area contributed by atoms with Crippen LogP contribution in [0.3, 0.4) is 0 Å². The molecule has 0 bridgehead atoms. The van der Waals surface area contributed by atoms with Gasteiger partial charge in [-0.1, -0.05) is 0 Å². The molecule has 0 fully saturated rings. The van der Waals surface area contributed by atoms with Gasteiger partial charge in [-0.05, 0) is 0 Å². The number of hydrogen-bond acceptors (Lipinski definition) is 0. The van der Waals surface area contributed by atoms with E-state index in [0.717, 1.165) is 89.4 Å². The standard InChI is InChI=1S/C50H53F6.2ClH.Zr/c1-13-16-30-22-36(46(4,5)6)26-37(30)41-29(3)45(48(10,11)12)44(43-38-27-40(47(7,8)9)28(2)21-33(38)25-39(41)43)42(31-17-14-19-34(23-31)49(51,52)53)32-18-15-20-35(24-32)50(54,55)56;;;/h14-15,17-24,26-27,30H,13,16H2,1-12H3;2*1H;/q;;;+2/p-2. The molecule has 9 heteroatoms. The molecule has 0 radical (unpaired) electrons. The van der Waals surface area contributed by atoms with Crippen LogP contribution in [-0.4, -0.2) is 0 Å². The fourth-order valence-corrected chi connectivity index (χ4v) is 10.2. The summed E-state index contributed by atoms with van der Waals surface area (Å²) in [6.07, 6.45) is -2.63. The van der Waals surface area contributed by atoms with Gasteiger partial charge in [-0.2, -0.15) is 0 Å². The second-order valence-electron chi connectivity index (χ2n) is 19.0. The number of fused-ring (bicyclic) bond motifs is 2. The van der Waals surface area contributed by atoms with Crippen molar-refractivity contribution in [1.29, 1.82) is 0 Å². The Morgan fingerprint density at radius 1 is 0.661 bits per heavy atom. The minimum absolute atomic E-state index is 0. The summed E-state index contributed by atoms with van der Waals surface area (Å²) in [5.74, 6) is 0.153. The van der Waals surface area contributed by atoms with Crippen LogP contribution < -0.4 is 35.3 Å². The molecule has 59 heavy (non-hydrogen) atoms. The summed E-state index contributed by atoms with van der Waals surface area (Å²) >= 11 is 1.18. The van der Waals surface area contributed by atoms with Crippen molar-refractivity contribution in [2.75, 3.05) is 0 Å². The van der Waals surface area contributed by atoms with Crippen molar-refractivity contribution in [2.45, 2.75) is 119 Å². The van der Waals surface area contributed by atoms with Crippen LogP contribution in [0.2, 0.25) is 0 Å². The molecule has 0 heterocycles. The normalized spacial score (nSPS) is 15.6. The van der Waals surface area contributed by atoms with Crippen LogP contribution in [0.4, 0.5) is 26.3 Å². The van der Waals surface area contributed by atoms with Crippen molar-refractivity contribution in [2.24, 2.45) is 11.3 Å². The smallest absolute Gasteiger partial charge is 1.00 e. The summed E-state index contributed by atoms with van der Waals surface area (Å²) in [5.41, 5.74) is 7.03. The van der Waals surface area contributed by atoms with E-state index in [0.29, 0.717) is 10.8 Å². The van der Waals surface area contributed by atoms with Crippen LogP contribution in [0.1, 0.15) is 138 Å². The van der Waals surface area contributed by atoms with E-state index in [1.54, 1.807) is 12.1 Å². The predicted octanol–water partition coefficient (Wildman–Crippen LogP) is 7.28. The first-order valence-corrected chi connectivity index (χ1v) is 21.0. The number of rotatable bonds is 5. The number of alkyl halides is 6. The van der Waals surface area contributed by atoms with Gasteiger partial charge in [0.25, 0.3) is 0 Å². The first kappa shape index (κ1) is 48.8.